The van der Waals surface area contributed by atoms with E-state index in [2.05, 4.69) is 55.4 Å². The van der Waals surface area contributed by atoms with Gasteiger partial charge < -0.3 is 0 Å². The molecule has 0 saturated heterocycles. The molecule has 0 fully saturated rings. The first-order chi connectivity index (χ1) is 7.09. The Balaban J connectivity index is 3.18. The van der Waals surface area contributed by atoms with E-state index in [0.717, 1.165) is 0 Å². The van der Waals surface area contributed by atoms with Crippen molar-refractivity contribution in [1.29, 1.82) is 0 Å². The van der Waals surface area contributed by atoms with Crippen molar-refractivity contribution in [2.75, 3.05) is 0 Å². The second-order valence-corrected chi connectivity index (χ2v) is 12.1. The molecule has 16 heavy (non-hydrogen) atoms. The molecule has 1 rings (SSSR count). The summed E-state index contributed by atoms with van der Waals surface area (Å²) in [5.74, 6) is 0. The van der Waals surface area contributed by atoms with Crippen LogP contribution in [-0.4, -0.2) is 20.0 Å². The van der Waals surface area contributed by atoms with E-state index in [4.69, 9.17) is 0 Å². The average Bonchev–Trinajstić information content (AvgIpc) is 2.31. The Morgan fingerprint density at radius 3 is 1.62 bits per heavy atom. The van der Waals surface area contributed by atoms with Crippen LogP contribution in [0.25, 0.3) is 0 Å². The molecule has 0 aromatic rings. The minimum absolute atomic E-state index is 0.330. The molecule has 0 heterocycles. The zero-order chi connectivity index (χ0) is 12.7. The number of hydrogen-bond donors (Lipinski definition) is 0. The van der Waals surface area contributed by atoms with Gasteiger partial charge in [0.15, 0.2) is 0 Å². The molecular formula is C14H24AsP. The fourth-order valence-electron chi connectivity index (χ4n) is 1.97. The van der Waals surface area contributed by atoms with Gasteiger partial charge in [-0.15, -0.1) is 0 Å². The monoisotopic (exact) mass is 298 g/mol. The van der Waals surface area contributed by atoms with Crippen molar-refractivity contribution in [2.24, 2.45) is 0 Å². The summed E-state index contributed by atoms with van der Waals surface area (Å²) in [5.41, 5.74) is 6.33. The van der Waals surface area contributed by atoms with E-state index >= 15 is 0 Å². The van der Waals surface area contributed by atoms with Gasteiger partial charge in [0.2, 0.25) is 0 Å². The summed E-state index contributed by atoms with van der Waals surface area (Å²) in [5, 5.41) is 0.452. The molecule has 0 aromatic heterocycles. The fourth-order valence-corrected chi connectivity index (χ4v) is 8.51. The Morgan fingerprint density at radius 1 is 0.938 bits per heavy atom. The zero-order valence-corrected chi connectivity index (χ0v) is 14.7. The molecule has 2 heteroatoms. The van der Waals surface area contributed by atoms with Crippen molar-refractivity contribution >= 4 is 21.5 Å². The van der Waals surface area contributed by atoms with Crippen LogP contribution in [0.5, 0.6) is 0 Å². The van der Waals surface area contributed by atoms with Gasteiger partial charge in [0, 0.05) is 0 Å². The Hall–Kier alpha value is 0.338. The maximum atomic E-state index is 2.45. The Morgan fingerprint density at radius 2 is 1.31 bits per heavy atom. The molecule has 0 bridgehead atoms. The normalized spacial score (nSPS) is 21.5. The molecule has 0 N–H and O–H groups in total. The summed E-state index contributed by atoms with van der Waals surface area (Å²) in [6.45, 7) is 20.4. The van der Waals surface area contributed by atoms with Gasteiger partial charge in [0.1, 0.15) is 0 Å². The van der Waals surface area contributed by atoms with E-state index in [-0.39, 0.29) is 0 Å². The van der Waals surface area contributed by atoms with Gasteiger partial charge >= 0.3 is 109 Å². The number of hydrogen-bond acceptors (Lipinski definition) is 0. The van der Waals surface area contributed by atoms with E-state index in [1.54, 1.807) is 29.0 Å². The molecule has 0 aliphatic heterocycles. The van der Waals surface area contributed by atoms with Gasteiger partial charge in [0.05, 0.1) is 0 Å². The summed E-state index contributed by atoms with van der Waals surface area (Å²) in [7, 11) is 0. The molecule has 0 unspecified atom stereocenters. The first kappa shape index (κ1) is 14.4. The standard InChI is InChI=1S/C14H24AsP/c1-9-10(2)12(4)14(8,11(9)3)15-16-13(5,6)7/h1-8H3. The third-order valence-electron chi connectivity index (χ3n) is 3.70. The molecule has 0 radical (unpaired) electrons. The van der Waals surface area contributed by atoms with E-state index < -0.39 is 0 Å². The Bertz CT molecular complexity index is 367. The van der Waals surface area contributed by atoms with Crippen LogP contribution in [0.4, 0.5) is 0 Å². The van der Waals surface area contributed by atoms with Crippen molar-refractivity contribution in [3.05, 3.63) is 22.3 Å². The second kappa shape index (κ2) is 4.55. The van der Waals surface area contributed by atoms with Crippen molar-refractivity contribution in [3.8, 4) is 0 Å². The molecule has 1 aliphatic carbocycles. The Kier molecular flexibility index (Phi) is 4.09. The number of rotatable bonds is 1. The van der Waals surface area contributed by atoms with Crippen LogP contribution in [0.15, 0.2) is 22.3 Å². The SMILES string of the molecule is CC1=C(C)C(C)([As]=PC(C)(C)C)C(C)=C1C. The molecule has 1 aliphatic rings. The predicted molar refractivity (Wildman–Crippen MR) is 77.5 cm³/mol. The van der Waals surface area contributed by atoms with Gasteiger partial charge in [0.25, 0.3) is 0 Å². The first-order valence-corrected chi connectivity index (χ1v) is 10.2. The van der Waals surface area contributed by atoms with E-state index in [9.17, 15) is 0 Å². The van der Waals surface area contributed by atoms with E-state index in [1.807, 2.05) is 0 Å². The first-order valence-electron chi connectivity index (χ1n) is 5.90. The molecule has 0 saturated carbocycles. The molecule has 90 valence electrons. The molecule has 0 amide bonds. The number of allylic oxidation sites excluding steroid dienone is 4. The van der Waals surface area contributed by atoms with E-state index in [1.165, 1.54) is 0 Å². The third kappa shape index (κ3) is 2.60. The van der Waals surface area contributed by atoms with Crippen molar-refractivity contribution in [3.63, 3.8) is 0 Å². The summed E-state index contributed by atoms with van der Waals surface area (Å²) >= 11 is 0.330. The summed E-state index contributed by atoms with van der Waals surface area (Å²) in [6.07, 6.45) is 0. The maximum absolute atomic E-state index is 2.45. The molecule has 0 spiro atoms. The summed E-state index contributed by atoms with van der Waals surface area (Å²) < 4.78 is 0.402. The fraction of sp³-hybridized carbons (Fsp3) is 0.714. The molecule has 0 nitrogen and oxygen atoms in total. The quantitative estimate of drug-likeness (QED) is 0.460. The topological polar surface area (TPSA) is 0 Å². The molecule has 0 aromatic carbocycles. The third-order valence-corrected chi connectivity index (χ3v) is 13.1. The Labute approximate surface area is 108 Å². The minimum atomic E-state index is 0.330. The van der Waals surface area contributed by atoms with Gasteiger partial charge in [-0.05, 0) is 0 Å². The van der Waals surface area contributed by atoms with E-state index in [0.29, 0.717) is 24.2 Å². The second-order valence-electron chi connectivity index (χ2n) is 5.94. The van der Waals surface area contributed by atoms with Crippen molar-refractivity contribution < 1.29 is 0 Å². The zero-order valence-electron chi connectivity index (χ0n) is 11.9. The van der Waals surface area contributed by atoms with Crippen LogP contribution in [0, 0.1) is 0 Å². The predicted octanol–water partition coefficient (Wildman–Crippen LogP) is 5.22. The van der Waals surface area contributed by atoms with Crippen LogP contribution in [0.1, 0.15) is 55.4 Å². The summed E-state index contributed by atoms with van der Waals surface area (Å²) in [6, 6.07) is 0. The van der Waals surface area contributed by atoms with Crippen LogP contribution in [0.2, 0.25) is 4.20 Å². The van der Waals surface area contributed by atoms with Gasteiger partial charge in [-0.25, -0.2) is 0 Å². The van der Waals surface area contributed by atoms with Crippen molar-refractivity contribution in [2.45, 2.75) is 64.7 Å². The van der Waals surface area contributed by atoms with Crippen LogP contribution >= 0.6 is 6.69 Å². The van der Waals surface area contributed by atoms with Crippen LogP contribution < -0.4 is 0 Å². The van der Waals surface area contributed by atoms with Gasteiger partial charge in [-0.2, -0.15) is 0 Å². The summed E-state index contributed by atoms with van der Waals surface area (Å²) in [4.78, 5) is 0. The molecule has 0 atom stereocenters. The van der Waals surface area contributed by atoms with Crippen molar-refractivity contribution in [1.82, 2.24) is 0 Å². The average molecular weight is 298 g/mol. The molecular weight excluding hydrogens is 274 g/mol. The van der Waals surface area contributed by atoms with Gasteiger partial charge in [-0.3, -0.25) is 0 Å². The van der Waals surface area contributed by atoms with Gasteiger partial charge in [-0.1, -0.05) is 0 Å². The van der Waals surface area contributed by atoms with Crippen LogP contribution in [-0.2, 0) is 0 Å². The van der Waals surface area contributed by atoms with Crippen LogP contribution in [0.3, 0.4) is 0 Å².